The quantitative estimate of drug-likeness (QED) is 0.420. The number of hydrogen-bond acceptors (Lipinski definition) is 2. The van der Waals surface area contributed by atoms with Crippen molar-refractivity contribution in [1.29, 1.82) is 0 Å². The Balaban J connectivity index is 1.79. The number of benzene rings is 1. The average molecular weight is 351 g/mol. The number of halogens is 1. The smallest absolute Gasteiger partial charge is 0.252 e. The molecule has 0 aromatic heterocycles. The third kappa shape index (κ3) is 6.04. The number of carbonyl (C=O) groups excluding carboxylic acids is 1. The molecular formula is C18H27ClN4O. The molecule has 24 heavy (non-hydrogen) atoms. The first-order valence-corrected chi connectivity index (χ1v) is 9.16. The second-order valence-electron chi connectivity index (χ2n) is 5.98. The molecule has 1 aliphatic rings. The van der Waals surface area contributed by atoms with Gasteiger partial charge in [-0.05, 0) is 31.9 Å². The van der Waals surface area contributed by atoms with E-state index >= 15 is 0 Å². The fourth-order valence-corrected chi connectivity index (χ4v) is 3.06. The summed E-state index contributed by atoms with van der Waals surface area (Å²) in [7, 11) is 0. The van der Waals surface area contributed by atoms with Crippen molar-refractivity contribution >= 4 is 23.5 Å². The molecule has 0 bridgehead atoms. The lowest BCUT2D eigenvalue weighted by atomic mass is 9.96. The molecule has 2 rings (SSSR count). The van der Waals surface area contributed by atoms with Crippen LogP contribution in [-0.4, -0.2) is 37.5 Å². The van der Waals surface area contributed by atoms with Gasteiger partial charge in [0.05, 0.1) is 17.1 Å². The van der Waals surface area contributed by atoms with Crippen molar-refractivity contribution in [3.05, 3.63) is 34.9 Å². The first kappa shape index (κ1) is 18.6. The minimum Gasteiger partial charge on any atom is -0.357 e. The van der Waals surface area contributed by atoms with Crippen LogP contribution in [0.25, 0.3) is 0 Å². The zero-order chi connectivity index (χ0) is 17.2. The van der Waals surface area contributed by atoms with E-state index in [9.17, 15) is 4.79 Å². The molecule has 5 nitrogen and oxygen atoms in total. The summed E-state index contributed by atoms with van der Waals surface area (Å²) in [6, 6.07) is 7.55. The van der Waals surface area contributed by atoms with Gasteiger partial charge in [-0.3, -0.25) is 9.79 Å². The fraction of sp³-hybridized carbons (Fsp3) is 0.556. The summed E-state index contributed by atoms with van der Waals surface area (Å²) in [5.41, 5.74) is 0.496. The predicted molar refractivity (Wildman–Crippen MR) is 99.8 cm³/mol. The van der Waals surface area contributed by atoms with Crippen molar-refractivity contribution in [2.45, 2.75) is 45.1 Å². The minimum absolute atomic E-state index is 0.166. The summed E-state index contributed by atoms with van der Waals surface area (Å²) < 4.78 is 0. The van der Waals surface area contributed by atoms with Crippen LogP contribution in [0, 0.1) is 0 Å². The first-order chi connectivity index (χ1) is 11.7. The van der Waals surface area contributed by atoms with Crippen LogP contribution in [0.4, 0.5) is 0 Å². The van der Waals surface area contributed by atoms with E-state index < -0.39 is 0 Å². The topological polar surface area (TPSA) is 65.5 Å². The summed E-state index contributed by atoms with van der Waals surface area (Å²) in [5.74, 6) is 0.664. The molecule has 6 heteroatoms. The predicted octanol–water partition coefficient (Wildman–Crippen LogP) is 2.96. The van der Waals surface area contributed by atoms with Crippen LogP contribution in [0.2, 0.25) is 5.02 Å². The highest BCUT2D eigenvalue weighted by Gasteiger charge is 2.14. The average Bonchev–Trinajstić information content (AvgIpc) is 2.60. The number of rotatable bonds is 6. The molecule has 0 radical (unpaired) electrons. The molecule has 0 aliphatic heterocycles. The highest BCUT2D eigenvalue weighted by Crippen LogP contribution is 2.17. The van der Waals surface area contributed by atoms with Crippen LogP contribution in [-0.2, 0) is 0 Å². The largest absolute Gasteiger partial charge is 0.357 e. The Morgan fingerprint density at radius 2 is 1.96 bits per heavy atom. The normalized spacial score (nSPS) is 15.8. The van der Waals surface area contributed by atoms with Gasteiger partial charge in [0.25, 0.3) is 5.91 Å². The molecule has 1 saturated carbocycles. The molecule has 132 valence electrons. The van der Waals surface area contributed by atoms with Crippen LogP contribution < -0.4 is 16.0 Å². The summed E-state index contributed by atoms with van der Waals surface area (Å²) in [5, 5.41) is 10.1. The highest BCUT2D eigenvalue weighted by atomic mass is 35.5. The molecular weight excluding hydrogens is 324 g/mol. The molecule has 0 spiro atoms. The lowest BCUT2D eigenvalue weighted by Gasteiger charge is -2.24. The molecule has 1 aromatic carbocycles. The standard InChI is InChI=1S/C18H27ClN4O/c1-2-20-18(23-14-8-4-3-5-9-14)22-13-12-21-17(24)15-10-6-7-11-16(15)19/h6-7,10-11,14H,2-5,8-9,12-13H2,1H3,(H,21,24)(H2,20,22,23). The molecule has 0 heterocycles. The van der Waals surface area contributed by atoms with E-state index in [1.54, 1.807) is 18.2 Å². The SMILES string of the molecule is CCNC(=NCCNC(=O)c1ccccc1Cl)NC1CCCCC1. The van der Waals surface area contributed by atoms with Gasteiger partial charge in [-0.2, -0.15) is 0 Å². The van der Waals surface area contributed by atoms with E-state index in [4.69, 9.17) is 11.6 Å². The van der Waals surface area contributed by atoms with Crippen LogP contribution in [0.15, 0.2) is 29.3 Å². The van der Waals surface area contributed by atoms with Crippen molar-refractivity contribution in [2.75, 3.05) is 19.6 Å². The van der Waals surface area contributed by atoms with E-state index in [0.29, 0.717) is 29.7 Å². The highest BCUT2D eigenvalue weighted by molar-refractivity contribution is 6.33. The van der Waals surface area contributed by atoms with Crippen LogP contribution in [0.1, 0.15) is 49.4 Å². The number of aliphatic imine (C=N–C) groups is 1. The summed E-state index contributed by atoms with van der Waals surface area (Å²) in [6.07, 6.45) is 6.30. The van der Waals surface area contributed by atoms with Crippen LogP contribution in [0.5, 0.6) is 0 Å². The van der Waals surface area contributed by atoms with E-state index in [1.807, 2.05) is 6.07 Å². The van der Waals surface area contributed by atoms with Crippen molar-refractivity contribution in [2.24, 2.45) is 4.99 Å². The number of amides is 1. The van der Waals surface area contributed by atoms with Gasteiger partial charge in [0, 0.05) is 19.1 Å². The van der Waals surface area contributed by atoms with Gasteiger partial charge in [-0.1, -0.05) is 43.0 Å². The lowest BCUT2D eigenvalue weighted by Crippen LogP contribution is -2.44. The van der Waals surface area contributed by atoms with Gasteiger partial charge in [0.1, 0.15) is 0 Å². The maximum absolute atomic E-state index is 12.1. The van der Waals surface area contributed by atoms with E-state index in [-0.39, 0.29) is 5.91 Å². The molecule has 1 fully saturated rings. The second kappa shape index (κ2) is 10.2. The molecule has 1 aliphatic carbocycles. The van der Waals surface area contributed by atoms with Gasteiger partial charge < -0.3 is 16.0 Å². The minimum atomic E-state index is -0.166. The lowest BCUT2D eigenvalue weighted by molar-refractivity contribution is 0.0955. The maximum atomic E-state index is 12.1. The number of carbonyl (C=O) groups is 1. The van der Waals surface area contributed by atoms with Crippen molar-refractivity contribution in [3.63, 3.8) is 0 Å². The van der Waals surface area contributed by atoms with Crippen molar-refractivity contribution in [3.8, 4) is 0 Å². The fourth-order valence-electron chi connectivity index (χ4n) is 2.84. The Kier molecular flexibility index (Phi) is 7.89. The number of nitrogens with zero attached hydrogens (tertiary/aromatic N) is 1. The third-order valence-electron chi connectivity index (χ3n) is 4.08. The number of hydrogen-bond donors (Lipinski definition) is 3. The summed E-state index contributed by atoms with van der Waals surface area (Å²) in [6.45, 7) is 3.88. The van der Waals surface area contributed by atoms with Crippen LogP contribution in [0.3, 0.4) is 0 Å². The van der Waals surface area contributed by atoms with Gasteiger partial charge in [0.2, 0.25) is 0 Å². The Morgan fingerprint density at radius 3 is 2.67 bits per heavy atom. The zero-order valence-electron chi connectivity index (χ0n) is 14.3. The molecule has 3 N–H and O–H groups in total. The summed E-state index contributed by atoms with van der Waals surface area (Å²) >= 11 is 6.02. The van der Waals surface area contributed by atoms with Gasteiger partial charge >= 0.3 is 0 Å². The molecule has 0 atom stereocenters. The number of nitrogens with one attached hydrogen (secondary N) is 3. The molecule has 1 amide bonds. The molecule has 1 aromatic rings. The Hall–Kier alpha value is -1.75. The summed E-state index contributed by atoms with van der Waals surface area (Å²) in [4.78, 5) is 16.6. The Morgan fingerprint density at radius 1 is 1.21 bits per heavy atom. The number of guanidine groups is 1. The van der Waals surface area contributed by atoms with Crippen LogP contribution >= 0.6 is 11.6 Å². The molecule has 0 unspecified atom stereocenters. The Labute approximate surface area is 149 Å². The van der Waals surface area contributed by atoms with Gasteiger partial charge in [0.15, 0.2) is 5.96 Å². The molecule has 0 saturated heterocycles. The van der Waals surface area contributed by atoms with E-state index in [0.717, 1.165) is 12.5 Å². The zero-order valence-corrected chi connectivity index (χ0v) is 15.0. The van der Waals surface area contributed by atoms with Crippen molar-refractivity contribution < 1.29 is 4.79 Å². The monoisotopic (exact) mass is 350 g/mol. The van der Waals surface area contributed by atoms with E-state index in [2.05, 4.69) is 27.9 Å². The Bertz CT molecular complexity index is 556. The van der Waals surface area contributed by atoms with E-state index in [1.165, 1.54) is 32.1 Å². The van der Waals surface area contributed by atoms with Gasteiger partial charge in [-0.15, -0.1) is 0 Å². The second-order valence-corrected chi connectivity index (χ2v) is 6.38. The first-order valence-electron chi connectivity index (χ1n) is 8.78. The third-order valence-corrected chi connectivity index (χ3v) is 4.41. The van der Waals surface area contributed by atoms with Gasteiger partial charge in [-0.25, -0.2) is 0 Å². The van der Waals surface area contributed by atoms with Crippen molar-refractivity contribution in [1.82, 2.24) is 16.0 Å². The maximum Gasteiger partial charge on any atom is 0.252 e.